The lowest BCUT2D eigenvalue weighted by Crippen LogP contribution is -2.44. The molecule has 0 N–H and O–H groups in total. The first kappa shape index (κ1) is 16.1. The van der Waals surface area contributed by atoms with E-state index in [1.165, 1.54) is 6.20 Å². The zero-order valence-electron chi connectivity index (χ0n) is 13.2. The van der Waals surface area contributed by atoms with Gasteiger partial charge in [-0.15, -0.1) is 0 Å². The lowest BCUT2D eigenvalue weighted by molar-refractivity contribution is 0.0123. The number of likely N-dealkylation sites (tertiary alicyclic amines) is 1. The first-order valence-corrected chi connectivity index (χ1v) is 7.35. The third-order valence-electron chi connectivity index (χ3n) is 3.23. The lowest BCUT2D eigenvalue weighted by atomic mass is 10.1. The molecule has 1 aliphatic heterocycles. The predicted octanol–water partition coefficient (Wildman–Crippen LogP) is 3.41. The Morgan fingerprint density at radius 1 is 1.36 bits per heavy atom. The van der Waals surface area contributed by atoms with Gasteiger partial charge in [0.2, 0.25) is 11.6 Å². The molecule has 1 amide bonds. The van der Waals surface area contributed by atoms with E-state index in [-0.39, 0.29) is 12.2 Å². The molecule has 1 saturated heterocycles. The largest absolute Gasteiger partial charge is 0.474 e. The number of piperidine rings is 1. The van der Waals surface area contributed by atoms with Gasteiger partial charge in [0.25, 0.3) is 0 Å². The number of aromatic nitrogens is 1. The molecule has 0 radical (unpaired) electrons. The summed E-state index contributed by atoms with van der Waals surface area (Å²) >= 11 is 0. The van der Waals surface area contributed by atoms with Crippen LogP contribution >= 0.6 is 0 Å². The summed E-state index contributed by atoms with van der Waals surface area (Å²) in [5.74, 6) is 0.517. The van der Waals surface area contributed by atoms with Crippen LogP contribution in [0.4, 0.5) is 10.5 Å². The van der Waals surface area contributed by atoms with E-state index in [4.69, 9.17) is 16.0 Å². The number of carbonyl (C=O) groups excluding carboxylic acids is 1. The molecule has 0 aromatic carbocycles. The van der Waals surface area contributed by atoms with Crippen molar-refractivity contribution < 1.29 is 14.3 Å². The normalized spacial score (nSPS) is 16.0. The van der Waals surface area contributed by atoms with E-state index in [0.717, 1.165) is 12.8 Å². The van der Waals surface area contributed by atoms with Crippen LogP contribution in [0.25, 0.3) is 4.85 Å². The Kier molecular flexibility index (Phi) is 4.86. The minimum Gasteiger partial charge on any atom is -0.474 e. The Balaban J connectivity index is 1.82. The molecule has 0 aliphatic carbocycles. The van der Waals surface area contributed by atoms with Crippen LogP contribution < -0.4 is 4.74 Å². The second-order valence-corrected chi connectivity index (χ2v) is 6.25. The fourth-order valence-corrected chi connectivity index (χ4v) is 2.16. The number of hydrogen-bond acceptors (Lipinski definition) is 4. The number of rotatable bonds is 2. The van der Waals surface area contributed by atoms with Gasteiger partial charge < -0.3 is 14.4 Å². The van der Waals surface area contributed by atoms with Crippen molar-refractivity contribution in [3.05, 3.63) is 29.7 Å². The van der Waals surface area contributed by atoms with Crippen molar-refractivity contribution in [2.75, 3.05) is 13.1 Å². The molecule has 1 aromatic rings. The zero-order valence-corrected chi connectivity index (χ0v) is 13.2. The fraction of sp³-hybridized carbons (Fsp3) is 0.562. The lowest BCUT2D eigenvalue weighted by Gasteiger charge is -2.33. The van der Waals surface area contributed by atoms with Gasteiger partial charge in [0.15, 0.2) is 0 Å². The van der Waals surface area contributed by atoms with Crippen molar-refractivity contribution >= 4 is 11.8 Å². The second kappa shape index (κ2) is 6.65. The monoisotopic (exact) mass is 303 g/mol. The average Bonchev–Trinajstić information content (AvgIpc) is 2.47. The first-order chi connectivity index (χ1) is 10.4. The van der Waals surface area contributed by atoms with Gasteiger partial charge in [-0.2, -0.15) is 0 Å². The Hall–Kier alpha value is -2.29. The maximum absolute atomic E-state index is 12.0. The summed E-state index contributed by atoms with van der Waals surface area (Å²) in [6, 6.07) is 3.39. The van der Waals surface area contributed by atoms with Crippen LogP contribution in [0, 0.1) is 6.57 Å². The van der Waals surface area contributed by atoms with Crippen molar-refractivity contribution in [1.29, 1.82) is 0 Å². The molecule has 0 spiro atoms. The Morgan fingerprint density at radius 3 is 2.55 bits per heavy atom. The molecule has 1 aliphatic rings. The number of pyridine rings is 1. The molecular formula is C16H21N3O3. The maximum Gasteiger partial charge on any atom is 0.410 e. The Bertz CT molecular complexity index is 549. The summed E-state index contributed by atoms with van der Waals surface area (Å²) in [4.78, 5) is 21.1. The molecule has 2 rings (SSSR count). The summed E-state index contributed by atoms with van der Waals surface area (Å²) in [6.45, 7) is 13.7. The molecule has 6 nitrogen and oxygen atoms in total. The highest BCUT2D eigenvalue weighted by Gasteiger charge is 2.27. The van der Waals surface area contributed by atoms with E-state index in [2.05, 4.69) is 9.83 Å². The van der Waals surface area contributed by atoms with Crippen LogP contribution in [0.1, 0.15) is 33.6 Å². The highest BCUT2D eigenvalue weighted by Crippen LogP contribution is 2.20. The van der Waals surface area contributed by atoms with Crippen LogP contribution in [0.2, 0.25) is 0 Å². The van der Waals surface area contributed by atoms with E-state index in [9.17, 15) is 4.79 Å². The standard InChI is InChI=1S/C16H21N3O3/c1-16(2,3)22-15(20)19-9-7-13(8-10-19)21-14-6-5-12(17-4)11-18-14/h5-6,11,13H,7-10H2,1-3H3. The van der Waals surface area contributed by atoms with Crippen LogP contribution in [0.3, 0.4) is 0 Å². The minimum atomic E-state index is -0.473. The van der Waals surface area contributed by atoms with E-state index in [0.29, 0.717) is 24.7 Å². The second-order valence-electron chi connectivity index (χ2n) is 6.25. The fourth-order valence-electron chi connectivity index (χ4n) is 2.16. The third-order valence-corrected chi connectivity index (χ3v) is 3.23. The van der Waals surface area contributed by atoms with Gasteiger partial charge in [-0.25, -0.2) is 14.6 Å². The number of hydrogen-bond donors (Lipinski definition) is 0. The van der Waals surface area contributed by atoms with Gasteiger partial charge in [0.1, 0.15) is 11.7 Å². The van der Waals surface area contributed by atoms with E-state index in [1.54, 1.807) is 17.0 Å². The van der Waals surface area contributed by atoms with Crippen LogP contribution in [0.5, 0.6) is 5.88 Å². The van der Waals surface area contributed by atoms with Gasteiger partial charge in [-0.05, 0) is 32.9 Å². The quantitative estimate of drug-likeness (QED) is 0.786. The average molecular weight is 303 g/mol. The molecule has 6 heteroatoms. The highest BCUT2D eigenvalue weighted by molar-refractivity contribution is 5.68. The zero-order chi connectivity index (χ0) is 16.2. The summed E-state index contributed by atoms with van der Waals surface area (Å²) < 4.78 is 11.2. The van der Waals surface area contributed by atoms with Crippen molar-refractivity contribution in [2.24, 2.45) is 0 Å². The molecular weight excluding hydrogens is 282 g/mol. The van der Waals surface area contributed by atoms with Crippen LogP contribution in [-0.4, -0.2) is 40.8 Å². The molecule has 1 aromatic heterocycles. The number of amides is 1. The molecule has 0 atom stereocenters. The van der Waals surface area contributed by atoms with Gasteiger partial charge in [0, 0.05) is 32.1 Å². The van der Waals surface area contributed by atoms with Gasteiger partial charge >= 0.3 is 6.09 Å². The number of nitrogens with zero attached hydrogens (tertiary/aromatic N) is 3. The number of carbonyl (C=O) groups is 1. The topological polar surface area (TPSA) is 56.0 Å². The maximum atomic E-state index is 12.0. The van der Waals surface area contributed by atoms with E-state index in [1.807, 2.05) is 20.8 Å². The van der Waals surface area contributed by atoms with Crippen LogP contribution in [-0.2, 0) is 4.74 Å². The molecule has 0 unspecified atom stereocenters. The van der Waals surface area contributed by atoms with Gasteiger partial charge in [-0.3, -0.25) is 0 Å². The van der Waals surface area contributed by atoms with Crippen LogP contribution in [0.15, 0.2) is 18.3 Å². The Morgan fingerprint density at radius 2 is 2.05 bits per heavy atom. The van der Waals surface area contributed by atoms with Crippen molar-refractivity contribution in [2.45, 2.75) is 45.3 Å². The summed E-state index contributed by atoms with van der Waals surface area (Å²) in [6.07, 6.45) is 2.74. The summed E-state index contributed by atoms with van der Waals surface area (Å²) in [5.41, 5.74) is 0.0195. The van der Waals surface area contributed by atoms with Crippen molar-refractivity contribution in [1.82, 2.24) is 9.88 Å². The Labute approximate surface area is 130 Å². The number of ether oxygens (including phenoxy) is 2. The van der Waals surface area contributed by atoms with E-state index >= 15 is 0 Å². The predicted molar refractivity (Wildman–Crippen MR) is 82.0 cm³/mol. The molecule has 1 fully saturated rings. The first-order valence-electron chi connectivity index (χ1n) is 7.35. The molecule has 0 saturated carbocycles. The van der Waals surface area contributed by atoms with Gasteiger partial charge in [-0.1, -0.05) is 0 Å². The van der Waals surface area contributed by atoms with E-state index < -0.39 is 5.60 Å². The molecule has 2 heterocycles. The third kappa shape index (κ3) is 4.62. The smallest absolute Gasteiger partial charge is 0.410 e. The molecule has 22 heavy (non-hydrogen) atoms. The summed E-state index contributed by atoms with van der Waals surface area (Å²) in [7, 11) is 0. The SMILES string of the molecule is [C-]#[N+]c1ccc(OC2CCN(C(=O)OC(C)(C)C)CC2)nc1. The highest BCUT2D eigenvalue weighted by atomic mass is 16.6. The minimum absolute atomic E-state index is 0.0324. The molecule has 0 bridgehead atoms. The summed E-state index contributed by atoms with van der Waals surface area (Å²) in [5, 5.41) is 0. The van der Waals surface area contributed by atoms with Crippen molar-refractivity contribution in [3.63, 3.8) is 0 Å². The molecule has 118 valence electrons. The van der Waals surface area contributed by atoms with Gasteiger partial charge in [0.05, 0.1) is 6.57 Å². The van der Waals surface area contributed by atoms with Crippen molar-refractivity contribution in [3.8, 4) is 5.88 Å².